The third-order valence-corrected chi connectivity index (χ3v) is 6.72. The minimum absolute atomic E-state index is 0.117. The smallest absolute Gasteiger partial charge is 0.0784 e. The van der Waals surface area contributed by atoms with Gasteiger partial charge in [-0.05, 0) is 55.6 Å². The van der Waals surface area contributed by atoms with E-state index in [2.05, 4.69) is 13.8 Å². The Kier molecular flexibility index (Phi) is 3.44. The Morgan fingerprint density at radius 2 is 2.06 bits per heavy atom. The van der Waals surface area contributed by atoms with Crippen molar-refractivity contribution in [1.82, 2.24) is 0 Å². The van der Waals surface area contributed by atoms with Gasteiger partial charge in [-0.1, -0.05) is 13.8 Å². The molecule has 0 bridgehead atoms. The van der Waals surface area contributed by atoms with Gasteiger partial charge in [0.15, 0.2) is 0 Å². The molecule has 0 aromatic heterocycles. The maximum Gasteiger partial charge on any atom is 0.0784 e. The second-order valence-electron chi connectivity index (χ2n) is 7.04. The summed E-state index contributed by atoms with van der Waals surface area (Å²) in [6, 6.07) is 0. The van der Waals surface area contributed by atoms with Crippen molar-refractivity contribution in [2.45, 2.75) is 57.2 Å². The van der Waals surface area contributed by atoms with Gasteiger partial charge in [-0.2, -0.15) is 11.8 Å². The molecule has 2 heterocycles. The number of hydrogen-bond donors (Lipinski definition) is 1. The van der Waals surface area contributed by atoms with Gasteiger partial charge in [0.1, 0.15) is 0 Å². The van der Waals surface area contributed by atoms with E-state index in [0.717, 1.165) is 49.9 Å². The number of thioether (sulfide) groups is 1. The standard InChI is InChI=1S/C15H26O2S/c1-11(2)12-7-15(16,8-12)13-3-5-17-14(9-13)4-6-18-10-14/h11-13,16H,3-10H2,1-2H3. The molecule has 0 amide bonds. The SMILES string of the molecule is CC(C)C1CC(O)(C2CCOC3(CCSC3)C2)C1. The zero-order chi connectivity index (χ0) is 12.8. The van der Waals surface area contributed by atoms with E-state index in [-0.39, 0.29) is 11.2 Å². The fourth-order valence-electron chi connectivity index (χ4n) is 4.00. The zero-order valence-electron chi connectivity index (χ0n) is 11.7. The third kappa shape index (κ3) is 2.23. The lowest BCUT2D eigenvalue weighted by molar-refractivity contribution is -0.180. The molecule has 104 valence electrons. The molecule has 1 aliphatic carbocycles. The molecule has 2 atom stereocenters. The molecule has 3 heteroatoms. The molecular formula is C15H26O2S. The van der Waals surface area contributed by atoms with Crippen molar-refractivity contribution in [2.24, 2.45) is 17.8 Å². The van der Waals surface area contributed by atoms with E-state index < -0.39 is 0 Å². The second-order valence-corrected chi connectivity index (χ2v) is 8.14. The van der Waals surface area contributed by atoms with Gasteiger partial charge in [-0.25, -0.2) is 0 Å². The van der Waals surface area contributed by atoms with E-state index in [4.69, 9.17) is 4.74 Å². The average molecular weight is 270 g/mol. The lowest BCUT2D eigenvalue weighted by Gasteiger charge is -2.53. The molecule has 0 aromatic carbocycles. The van der Waals surface area contributed by atoms with Crippen LogP contribution in [0.4, 0.5) is 0 Å². The number of hydrogen-bond acceptors (Lipinski definition) is 3. The van der Waals surface area contributed by atoms with Crippen molar-refractivity contribution < 1.29 is 9.84 Å². The highest BCUT2D eigenvalue weighted by Crippen LogP contribution is 2.52. The van der Waals surface area contributed by atoms with E-state index in [1.807, 2.05) is 11.8 Å². The van der Waals surface area contributed by atoms with Gasteiger partial charge in [-0.3, -0.25) is 0 Å². The quantitative estimate of drug-likeness (QED) is 0.836. The Balaban J connectivity index is 1.63. The topological polar surface area (TPSA) is 29.5 Å². The molecule has 3 rings (SSSR count). The van der Waals surface area contributed by atoms with Crippen molar-refractivity contribution in [3.05, 3.63) is 0 Å². The summed E-state index contributed by atoms with van der Waals surface area (Å²) < 4.78 is 6.06. The first-order chi connectivity index (χ1) is 8.53. The Morgan fingerprint density at radius 3 is 2.67 bits per heavy atom. The van der Waals surface area contributed by atoms with E-state index in [1.165, 1.54) is 12.2 Å². The largest absolute Gasteiger partial charge is 0.390 e. The summed E-state index contributed by atoms with van der Waals surface area (Å²) in [7, 11) is 0. The summed E-state index contributed by atoms with van der Waals surface area (Å²) >= 11 is 2.02. The molecule has 0 aromatic rings. The number of rotatable bonds is 2. The highest BCUT2D eigenvalue weighted by molar-refractivity contribution is 7.99. The molecule has 2 saturated heterocycles. The van der Waals surface area contributed by atoms with Crippen LogP contribution in [0, 0.1) is 17.8 Å². The van der Waals surface area contributed by atoms with Crippen molar-refractivity contribution in [1.29, 1.82) is 0 Å². The molecule has 18 heavy (non-hydrogen) atoms. The molecule has 1 spiro atoms. The van der Waals surface area contributed by atoms with Crippen molar-refractivity contribution in [2.75, 3.05) is 18.1 Å². The van der Waals surface area contributed by atoms with Crippen LogP contribution in [0.15, 0.2) is 0 Å². The van der Waals surface area contributed by atoms with Crippen molar-refractivity contribution >= 4 is 11.8 Å². The molecule has 3 aliphatic rings. The normalized spacial score (nSPS) is 48.7. The van der Waals surface area contributed by atoms with Crippen LogP contribution in [0.3, 0.4) is 0 Å². The second kappa shape index (κ2) is 4.68. The first-order valence-corrected chi connectivity index (χ1v) is 8.63. The first-order valence-electron chi connectivity index (χ1n) is 7.47. The molecule has 2 aliphatic heterocycles. The maximum absolute atomic E-state index is 10.8. The molecule has 2 nitrogen and oxygen atoms in total. The van der Waals surface area contributed by atoms with Crippen LogP contribution in [0.1, 0.15) is 46.0 Å². The predicted molar refractivity (Wildman–Crippen MR) is 75.9 cm³/mol. The van der Waals surface area contributed by atoms with Crippen molar-refractivity contribution in [3.8, 4) is 0 Å². The van der Waals surface area contributed by atoms with Gasteiger partial charge in [0, 0.05) is 12.4 Å². The van der Waals surface area contributed by atoms with Crippen LogP contribution >= 0.6 is 11.8 Å². The lowest BCUT2D eigenvalue weighted by Crippen LogP contribution is -2.55. The average Bonchev–Trinajstić information content (AvgIpc) is 2.73. The maximum atomic E-state index is 10.8. The van der Waals surface area contributed by atoms with Crippen molar-refractivity contribution in [3.63, 3.8) is 0 Å². The fraction of sp³-hybridized carbons (Fsp3) is 1.00. The Hall–Kier alpha value is 0.270. The van der Waals surface area contributed by atoms with Gasteiger partial charge in [0.2, 0.25) is 0 Å². The molecule has 0 radical (unpaired) electrons. The third-order valence-electron chi connectivity index (χ3n) is 5.49. The zero-order valence-corrected chi connectivity index (χ0v) is 12.5. The van der Waals surface area contributed by atoms with Gasteiger partial charge in [0.05, 0.1) is 11.2 Å². The highest BCUT2D eigenvalue weighted by Gasteiger charge is 2.53. The van der Waals surface area contributed by atoms with E-state index in [1.54, 1.807) is 0 Å². The van der Waals surface area contributed by atoms with Gasteiger partial charge in [0.25, 0.3) is 0 Å². The minimum Gasteiger partial charge on any atom is -0.390 e. The summed E-state index contributed by atoms with van der Waals surface area (Å²) in [5.41, 5.74) is -0.245. The van der Waals surface area contributed by atoms with Crippen LogP contribution < -0.4 is 0 Å². The van der Waals surface area contributed by atoms with Crippen LogP contribution in [-0.2, 0) is 4.74 Å². The molecule has 3 fully saturated rings. The van der Waals surface area contributed by atoms with Crippen LogP contribution in [0.2, 0.25) is 0 Å². The van der Waals surface area contributed by atoms with Crippen LogP contribution in [-0.4, -0.2) is 34.4 Å². The minimum atomic E-state index is -0.362. The Morgan fingerprint density at radius 1 is 1.28 bits per heavy atom. The summed E-state index contributed by atoms with van der Waals surface area (Å²) in [5, 5.41) is 10.8. The molecule has 1 saturated carbocycles. The van der Waals surface area contributed by atoms with E-state index in [0.29, 0.717) is 5.92 Å². The van der Waals surface area contributed by atoms with Crippen LogP contribution in [0.25, 0.3) is 0 Å². The summed E-state index contributed by atoms with van der Waals surface area (Å²) in [6.07, 6.45) is 5.41. The number of aliphatic hydroxyl groups is 1. The monoisotopic (exact) mass is 270 g/mol. The molecule has 2 unspecified atom stereocenters. The predicted octanol–water partition coefficient (Wildman–Crippen LogP) is 3.09. The van der Waals surface area contributed by atoms with Gasteiger partial charge < -0.3 is 9.84 Å². The highest BCUT2D eigenvalue weighted by atomic mass is 32.2. The molecular weight excluding hydrogens is 244 g/mol. The van der Waals surface area contributed by atoms with Gasteiger partial charge in [-0.15, -0.1) is 0 Å². The van der Waals surface area contributed by atoms with Crippen LogP contribution in [0.5, 0.6) is 0 Å². The Labute approximate surface area is 115 Å². The summed E-state index contributed by atoms with van der Waals surface area (Å²) in [5.74, 6) is 4.33. The number of ether oxygens (including phenoxy) is 1. The molecule has 1 N–H and O–H groups in total. The fourth-order valence-corrected chi connectivity index (χ4v) is 5.38. The summed E-state index contributed by atoms with van der Waals surface area (Å²) in [6.45, 7) is 5.42. The lowest BCUT2D eigenvalue weighted by atomic mass is 9.58. The van der Waals surface area contributed by atoms with Gasteiger partial charge >= 0.3 is 0 Å². The Bertz CT molecular complexity index is 304. The first kappa shape index (κ1) is 13.3. The van der Waals surface area contributed by atoms with E-state index >= 15 is 0 Å². The summed E-state index contributed by atoms with van der Waals surface area (Å²) in [4.78, 5) is 0. The van der Waals surface area contributed by atoms with E-state index in [9.17, 15) is 5.11 Å².